The molecule has 1 aromatic heterocycles. The summed E-state index contributed by atoms with van der Waals surface area (Å²) in [6.07, 6.45) is 1.78. The number of methoxy groups -OCH3 is 1. The zero-order valence-corrected chi connectivity index (χ0v) is 18.8. The van der Waals surface area contributed by atoms with Crippen LogP contribution in [-0.2, 0) is 4.79 Å². The van der Waals surface area contributed by atoms with Gasteiger partial charge in [-0.1, -0.05) is 44.2 Å². The second-order valence-corrected chi connectivity index (χ2v) is 8.46. The highest BCUT2D eigenvalue weighted by Crippen LogP contribution is 2.24. The smallest absolute Gasteiger partial charge is 0.247 e. The van der Waals surface area contributed by atoms with Gasteiger partial charge in [-0.25, -0.2) is 0 Å². The normalized spacial score (nSPS) is 15.6. The van der Waals surface area contributed by atoms with E-state index in [2.05, 4.69) is 37.8 Å². The molecule has 0 saturated carbocycles. The summed E-state index contributed by atoms with van der Waals surface area (Å²) in [5.41, 5.74) is 2.06. The zero-order valence-electron chi connectivity index (χ0n) is 18.8. The molecule has 0 aliphatic carbocycles. The molecule has 1 fully saturated rings. The summed E-state index contributed by atoms with van der Waals surface area (Å²) >= 11 is 0. The number of anilines is 1. The van der Waals surface area contributed by atoms with E-state index in [1.807, 2.05) is 56.3 Å². The van der Waals surface area contributed by atoms with Crippen molar-refractivity contribution < 1.29 is 9.53 Å². The number of amides is 1. The Kier molecular flexibility index (Phi) is 6.68. The predicted octanol–water partition coefficient (Wildman–Crippen LogP) is 3.33. The Morgan fingerprint density at radius 3 is 2.38 bits per heavy atom. The van der Waals surface area contributed by atoms with Crippen molar-refractivity contribution >= 4 is 11.6 Å². The highest BCUT2D eigenvalue weighted by molar-refractivity contribution is 5.80. The van der Waals surface area contributed by atoms with Crippen LogP contribution < -0.4 is 15.0 Å². The molecule has 8 nitrogen and oxygen atoms in total. The molecule has 168 valence electrons. The van der Waals surface area contributed by atoms with E-state index in [0.29, 0.717) is 5.82 Å². The fraction of sp³-hybridized carbons (Fsp3) is 0.417. The van der Waals surface area contributed by atoms with E-state index in [-0.39, 0.29) is 17.9 Å². The van der Waals surface area contributed by atoms with E-state index in [9.17, 15) is 4.79 Å². The molecule has 4 rings (SSSR count). The van der Waals surface area contributed by atoms with Crippen molar-refractivity contribution in [2.75, 3.05) is 25.1 Å². The summed E-state index contributed by atoms with van der Waals surface area (Å²) in [6, 6.07) is 17.4. The standard InChI is InChI=1S/C24H30N6O2/c1-17(2)22(30-27-23(26-28-30)18-7-5-4-6-8-18)24(31)25-19-13-15-29(16-14-19)20-9-11-21(32-3)12-10-20/h4-12,17,19,22H,13-16H2,1-3H3,(H,25,31). The summed E-state index contributed by atoms with van der Waals surface area (Å²) in [4.78, 5) is 16.9. The van der Waals surface area contributed by atoms with E-state index < -0.39 is 6.04 Å². The zero-order chi connectivity index (χ0) is 22.5. The average Bonchev–Trinajstić information content (AvgIpc) is 3.29. The van der Waals surface area contributed by atoms with E-state index in [1.54, 1.807) is 7.11 Å². The number of nitrogens with one attached hydrogen (secondary N) is 1. The summed E-state index contributed by atoms with van der Waals surface area (Å²) in [7, 11) is 1.67. The molecule has 1 unspecified atom stereocenters. The molecule has 1 aliphatic heterocycles. The maximum atomic E-state index is 13.2. The number of hydrogen-bond donors (Lipinski definition) is 1. The maximum Gasteiger partial charge on any atom is 0.247 e. The number of piperidine rings is 1. The van der Waals surface area contributed by atoms with Crippen LogP contribution >= 0.6 is 0 Å². The van der Waals surface area contributed by atoms with Crippen LogP contribution in [0.25, 0.3) is 11.4 Å². The molecule has 32 heavy (non-hydrogen) atoms. The number of hydrogen-bond acceptors (Lipinski definition) is 6. The second-order valence-electron chi connectivity index (χ2n) is 8.46. The highest BCUT2D eigenvalue weighted by Gasteiger charge is 2.30. The van der Waals surface area contributed by atoms with Gasteiger partial charge in [0.2, 0.25) is 11.7 Å². The van der Waals surface area contributed by atoms with Gasteiger partial charge < -0.3 is 15.0 Å². The van der Waals surface area contributed by atoms with Gasteiger partial charge in [0.1, 0.15) is 5.75 Å². The summed E-state index contributed by atoms with van der Waals surface area (Å²) in [5.74, 6) is 1.36. The third kappa shape index (κ3) is 4.90. The molecular formula is C24H30N6O2. The number of carbonyl (C=O) groups is 1. The molecule has 3 aromatic rings. The number of nitrogens with zero attached hydrogens (tertiary/aromatic N) is 5. The molecule has 2 aromatic carbocycles. The van der Waals surface area contributed by atoms with Gasteiger partial charge in [0.25, 0.3) is 0 Å². The summed E-state index contributed by atoms with van der Waals surface area (Å²) in [5, 5.41) is 16.1. The van der Waals surface area contributed by atoms with Gasteiger partial charge in [-0.15, -0.1) is 10.2 Å². The Bertz CT molecular complexity index is 1010. The number of ether oxygens (including phenoxy) is 1. The lowest BCUT2D eigenvalue weighted by Crippen LogP contribution is -2.47. The predicted molar refractivity (Wildman–Crippen MR) is 123 cm³/mol. The third-order valence-electron chi connectivity index (χ3n) is 5.89. The van der Waals surface area contributed by atoms with Crippen LogP contribution in [0.2, 0.25) is 0 Å². The van der Waals surface area contributed by atoms with E-state index in [0.717, 1.165) is 37.2 Å². The number of aromatic nitrogens is 4. The molecule has 1 N–H and O–H groups in total. The van der Waals surface area contributed by atoms with Gasteiger partial charge in [0.15, 0.2) is 6.04 Å². The molecular weight excluding hydrogens is 404 g/mol. The first-order valence-electron chi connectivity index (χ1n) is 11.1. The van der Waals surface area contributed by atoms with Crippen LogP contribution in [0, 0.1) is 5.92 Å². The minimum Gasteiger partial charge on any atom is -0.497 e. The Balaban J connectivity index is 1.37. The minimum atomic E-state index is -0.500. The van der Waals surface area contributed by atoms with Crippen molar-refractivity contribution in [3.63, 3.8) is 0 Å². The molecule has 1 amide bonds. The maximum absolute atomic E-state index is 13.2. The molecule has 8 heteroatoms. The Morgan fingerprint density at radius 2 is 1.75 bits per heavy atom. The highest BCUT2D eigenvalue weighted by atomic mass is 16.5. The van der Waals surface area contributed by atoms with Crippen LogP contribution in [0.4, 0.5) is 5.69 Å². The van der Waals surface area contributed by atoms with Crippen molar-refractivity contribution in [3.05, 3.63) is 54.6 Å². The van der Waals surface area contributed by atoms with Gasteiger partial charge >= 0.3 is 0 Å². The number of rotatable bonds is 7. The quantitative estimate of drug-likeness (QED) is 0.614. The molecule has 1 saturated heterocycles. The first-order chi connectivity index (χ1) is 15.5. The van der Waals surface area contributed by atoms with Gasteiger partial charge in [0.05, 0.1) is 7.11 Å². The molecule has 1 atom stereocenters. The van der Waals surface area contributed by atoms with Crippen molar-refractivity contribution in [2.24, 2.45) is 5.92 Å². The SMILES string of the molecule is COc1ccc(N2CCC(NC(=O)C(C(C)C)n3nnc(-c4ccccc4)n3)CC2)cc1. The Hall–Kier alpha value is -3.42. The van der Waals surface area contributed by atoms with E-state index in [4.69, 9.17) is 4.74 Å². The van der Waals surface area contributed by atoms with Crippen molar-refractivity contribution in [1.82, 2.24) is 25.5 Å². The largest absolute Gasteiger partial charge is 0.497 e. The third-order valence-corrected chi connectivity index (χ3v) is 5.89. The lowest BCUT2D eigenvalue weighted by atomic mass is 10.0. The lowest BCUT2D eigenvalue weighted by Gasteiger charge is -2.34. The second kappa shape index (κ2) is 9.80. The fourth-order valence-electron chi connectivity index (χ4n) is 4.08. The monoisotopic (exact) mass is 434 g/mol. The van der Waals surface area contributed by atoms with Crippen LogP contribution in [0.15, 0.2) is 54.6 Å². The molecule has 1 aliphatic rings. The van der Waals surface area contributed by atoms with Gasteiger partial charge in [-0.05, 0) is 48.2 Å². The van der Waals surface area contributed by atoms with Crippen LogP contribution in [0.3, 0.4) is 0 Å². The van der Waals surface area contributed by atoms with Crippen molar-refractivity contribution in [2.45, 2.75) is 38.8 Å². The van der Waals surface area contributed by atoms with Crippen LogP contribution in [0.1, 0.15) is 32.7 Å². The molecule has 0 bridgehead atoms. The first kappa shape index (κ1) is 21.8. The molecule has 0 spiro atoms. The van der Waals surface area contributed by atoms with Crippen molar-refractivity contribution in [1.29, 1.82) is 0 Å². The number of carbonyl (C=O) groups excluding carboxylic acids is 1. The van der Waals surface area contributed by atoms with Crippen LogP contribution in [0.5, 0.6) is 5.75 Å². The van der Waals surface area contributed by atoms with Crippen molar-refractivity contribution in [3.8, 4) is 17.1 Å². The Morgan fingerprint density at radius 1 is 1.06 bits per heavy atom. The molecule has 2 heterocycles. The Labute approximate surface area is 188 Å². The average molecular weight is 435 g/mol. The molecule has 0 radical (unpaired) electrons. The van der Waals surface area contributed by atoms with Gasteiger partial charge in [-0.3, -0.25) is 4.79 Å². The minimum absolute atomic E-state index is 0.0345. The fourth-order valence-corrected chi connectivity index (χ4v) is 4.08. The van der Waals surface area contributed by atoms with Crippen LogP contribution in [-0.4, -0.2) is 52.4 Å². The lowest BCUT2D eigenvalue weighted by molar-refractivity contribution is -0.127. The van der Waals surface area contributed by atoms with E-state index >= 15 is 0 Å². The summed E-state index contributed by atoms with van der Waals surface area (Å²) < 4.78 is 5.24. The number of benzene rings is 2. The topological polar surface area (TPSA) is 85.2 Å². The number of tetrazole rings is 1. The summed E-state index contributed by atoms with van der Waals surface area (Å²) in [6.45, 7) is 5.79. The van der Waals surface area contributed by atoms with E-state index in [1.165, 1.54) is 10.5 Å². The van der Waals surface area contributed by atoms with Gasteiger partial charge in [0, 0.05) is 30.4 Å². The van der Waals surface area contributed by atoms with Gasteiger partial charge in [-0.2, -0.15) is 4.80 Å². The first-order valence-corrected chi connectivity index (χ1v) is 11.1.